The summed E-state index contributed by atoms with van der Waals surface area (Å²) in [6, 6.07) is 59.6. The molecule has 0 aliphatic heterocycles. The molecule has 0 radical (unpaired) electrons. The Labute approximate surface area is 294 Å². The molecule has 0 bridgehead atoms. The number of fused-ring (bicyclic) bond motifs is 6. The zero-order valence-corrected chi connectivity index (χ0v) is 28.2. The lowest BCUT2D eigenvalue weighted by atomic mass is 9.98. The largest absolute Gasteiger partial charge is 0.309 e. The first-order chi connectivity index (χ1) is 24.8. The first-order valence-corrected chi connectivity index (χ1v) is 17.9. The second kappa shape index (κ2) is 11.5. The van der Waals surface area contributed by atoms with Crippen molar-refractivity contribution in [2.24, 2.45) is 0 Å². The molecule has 10 rings (SSSR count). The Kier molecular flexibility index (Phi) is 6.61. The normalized spacial score (nSPS) is 11.8. The van der Waals surface area contributed by atoms with Gasteiger partial charge in [0.25, 0.3) is 0 Å². The number of benzene rings is 7. The maximum Gasteiger partial charge on any atom is 0.0682 e. The second-order valence-electron chi connectivity index (χ2n) is 12.9. The van der Waals surface area contributed by atoms with E-state index in [9.17, 15) is 0 Å². The van der Waals surface area contributed by atoms with Gasteiger partial charge < -0.3 is 9.13 Å². The van der Waals surface area contributed by atoms with Gasteiger partial charge in [-0.25, -0.2) is 0 Å². The van der Waals surface area contributed by atoms with E-state index in [1.807, 2.05) is 17.4 Å². The summed E-state index contributed by atoms with van der Waals surface area (Å²) in [4.78, 5) is 1.25. The van der Waals surface area contributed by atoms with E-state index >= 15 is 0 Å². The van der Waals surface area contributed by atoms with E-state index in [-0.39, 0.29) is 0 Å². The number of para-hydroxylation sites is 3. The van der Waals surface area contributed by atoms with E-state index in [0.29, 0.717) is 0 Å². The molecule has 7 aromatic carbocycles. The minimum Gasteiger partial charge on any atom is -0.309 e. The smallest absolute Gasteiger partial charge is 0.0682 e. The maximum absolute atomic E-state index is 4.34. The molecule has 0 aliphatic rings. The molecule has 0 N–H and O–H groups in total. The molecule has 0 unspecified atom stereocenters. The number of rotatable bonds is 6. The lowest BCUT2D eigenvalue weighted by molar-refractivity contribution is 1.12. The molecule has 3 heterocycles. The van der Waals surface area contributed by atoms with Gasteiger partial charge in [0.1, 0.15) is 0 Å². The molecule has 236 valence electrons. The zero-order chi connectivity index (χ0) is 33.2. The van der Waals surface area contributed by atoms with Crippen LogP contribution in [0.15, 0.2) is 170 Å². The predicted octanol–water partition coefficient (Wildman–Crippen LogP) is 13.0. The summed E-state index contributed by atoms with van der Waals surface area (Å²) in [5.41, 5.74) is 11.1. The van der Waals surface area contributed by atoms with Crippen LogP contribution in [0.25, 0.3) is 81.6 Å². The van der Waals surface area contributed by atoms with Gasteiger partial charge in [0.2, 0.25) is 0 Å². The van der Waals surface area contributed by atoms with E-state index in [0.717, 1.165) is 6.42 Å². The molecule has 3 aromatic heterocycles. The van der Waals surface area contributed by atoms with Crippen LogP contribution in [0.5, 0.6) is 0 Å². The number of nitrogens with zero attached hydrogens (tertiary/aromatic N) is 2. The number of thiophene rings is 1. The molecule has 0 fully saturated rings. The SMILES string of the molecule is C=Cc1c(-c2c(Cc3ccc4c(c3)c3ccccc3n4-c3ccccc3)c3ccccc3n2-c2cccc3ccccc23)sc2ccccc12. The summed E-state index contributed by atoms with van der Waals surface area (Å²) in [5, 5.41) is 7.53. The van der Waals surface area contributed by atoms with E-state index in [1.54, 1.807) is 0 Å². The third kappa shape index (κ3) is 4.34. The fourth-order valence-electron chi connectivity index (χ4n) is 8.01. The van der Waals surface area contributed by atoms with Gasteiger partial charge >= 0.3 is 0 Å². The first kappa shape index (κ1) is 28.8. The Bertz CT molecular complexity index is 2910. The Morgan fingerprint density at radius 1 is 0.520 bits per heavy atom. The molecule has 50 heavy (non-hydrogen) atoms. The summed E-state index contributed by atoms with van der Waals surface area (Å²) in [6.07, 6.45) is 2.84. The molecular formula is C47H32N2S. The van der Waals surface area contributed by atoms with Crippen LogP contribution in [0, 0.1) is 0 Å². The molecule has 0 spiro atoms. The molecule has 0 saturated heterocycles. The molecule has 0 amide bonds. The predicted molar refractivity (Wildman–Crippen MR) is 215 cm³/mol. The Morgan fingerprint density at radius 3 is 1.98 bits per heavy atom. The number of hydrogen-bond acceptors (Lipinski definition) is 1. The van der Waals surface area contributed by atoms with Crippen molar-refractivity contribution in [1.82, 2.24) is 9.13 Å². The lowest BCUT2D eigenvalue weighted by Crippen LogP contribution is -2.00. The summed E-state index contributed by atoms with van der Waals surface area (Å²) in [5.74, 6) is 0. The Balaban J connectivity index is 1.27. The van der Waals surface area contributed by atoms with Crippen molar-refractivity contribution in [2.45, 2.75) is 6.42 Å². The molecule has 0 aliphatic carbocycles. The summed E-state index contributed by atoms with van der Waals surface area (Å²) < 4.78 is 6.18. The van der Waals surface area contributed by atoms with E-state index < -0.39 is 0 Å². The van der Waals surface area contributed by atoms with Crippen LogP contribution < -0.4 is 0 Å². The fourth-order valence-corrected chi connectivity index (χ4v) is 9.28. The molecule has 3 heteroatoms. The topological polar surface area (TPSA) is 9.86 Å². The van der Waals surface area contributed by atoms with Gasteiger partial charge in [-0.2, -0.15) is 0 Å². The highest BCUT2D eigenvalue weighted by molar-refractivity contribution is 7.22. The van der Waals surface area contributed by atoms with Gasteiger partial charge in [-0.15, -0.1) is 11.3 Å². The minimum atomic E-state index is 0.791. The standard InChI is InChI=1S/C47H32N2S/c1-2-34-38-22-10-13-26-45(38)50-47(34)46-40(37-21-9-12-24-43(37)49(46)41-25-14-16-32-15-6-7-19-35(32)41)30-31-27-28-44-39(29-31)36-20-8-11-23-42(36)48(44)33-17-4-3-5-18-33/h2-29H,1,30H2. The summed E-state index contributed by atoms with van der Waals surface area (Å²) in [6.45, 7) is 4.34. The average molecular weight is 657 g/mol. The van der Waals surface area contributed by atoms with Crippen molar-refractivity contribution >= 4 is 71.0 Å². The third-order valence-corrected chi connectivity index (χ3v) is 11.4. The maximum atomic E-state index is 4.34. The molecule has 2 nitrogen and oxygen atoms in total. The van der Waals surface area contributed by atoms with Gasteiger partial charge in [0.05, 0.1) is 32.8 Å². The second-order valence-corrected chi connectivity index (χ2v) is 14.0. The summed E-state index contributed by atoms with van der Waals surface area (Å²) in [7, 11) is 0. The van der Waals surface area contributed by atoms with Crippen LogP contribution in [-0.4, -0.2) is 9.13 Å². The van der Waals surface area contributed by atoms with Gasteiger partial charge in [-0.3, -0.25) is 0 Å². The number of hydrogen-bond donors (Lipinski definition) is 0. The molecule has 0 atom stereocenters. The fraction of sp³-hybridized carbons (Fsp3) is 0.0213. The van der Waals surface area contributed by atoms with E-state index in [2.05, 4.69) is 180 Å². The van der Waals surface area contributed by atoms with Crippen molar-refractivity contribution in [2.75, 3.05) is 0 Å². The first-order valence-electron chi connectivity index (χ1n) is 17.1. The highest BCUT2D eigenvalue weighted by atomic mass is 32.1. The van der Waals surface area contributed by atoms with Gasteiger partial charge in [0.15, 0.2) is 0 Å². The van der Waals surface area contributed by atoms with Crippen LogP contribution in [0.3, 0.4) is 0 Å². The van der Waals surface area contributed by atoms with E-state index in [4.69, 9.17) is 0 Å². The van der Waals surface area contributed by atoms with Gasteiger partial charge in [-0.05, 0) is 65.0 Å². The van der Waals surface area contributed by atoms with Crippen molar-refractivity contribution in [3.05, 3.63) is 187 Å². The third-order valence-electron chi connectivity index (χ3n) is 10.2. The number of aromatic nitrogens is 2. The monoisotopic (exact) mass is 656 g/mol. The highest BCUT2D eigenvalue weighted by Crippen LogP contribution is 2.46. The average Bonchev–Trinajstić information content (AvgIpc) is 3.82. The summed E-state index contributed by atoms with van der Waals surface area (Å²) >= 11 is 1.87. The van der Waals surface area contributed by atoms with Crippen LogP contribution >= 0.6 is 11.3 Å². The minimum absolute atomic E-state index is 0.791. The quantitative estimate of drug-likeness (QED) is 0.169. The van der Waals surface area contributed by atoms with Crippen LogP contribution in [0.4, 0.5) is 0 Å². The van der Waals surface area contributed by atoms with Crippen molar-refractivity contribution in [3.63, 3.8) is 0 Å². The Morgan fingerprint density at radius 2 is 1.16 bits per heavy atom. The lowest BCUT2D eigenvalue weighted by Gasteiger charge is -2.15. The highest BCUT2D eigenvalue weighted by Gasteiger charge is 2.25. The molecule has 10 aromatic rings. The van der Waals surface area contributed by atoms with Crippen molar-refractivity contribution in [1.29, 1.82) is 0 Å². The zero-order valence-electron chi connectivity index (χ0n) is 27.4. The van der Waals surface area contributed by atoms with Crippen molar-refractivity contribution in [3.8, 4) is 21.9 Å². The molecular weight excluding hydrogens is 625 g/mol. The van der Waals surface area contributed by atoms with Crippen LogP contribution in [0.1, 0.15) is 16.7 Å². The van der Waals surface area contributed by atoms with Crippen molar-refractivity contribution < 1.29 is 0 Å². The van der Waals surface area contributed by atoms with Gasteiger partial charge in [0, 0.05) is 49.3 Å². The van der Waals surface area contributed by atoms with Crippen LogP contribution in [0.2, 0.25) is 0 Å². The van der Waals surface area contributed by atoms with E-state index in [1.165, 1.54) is 92.2 Å². The van der Waals surface area contributed by atoms with Crippen LogP contribution in [-0.2, 0) is 6.42 Å². The molecule has 0 saturated carbocycles. The Hall–Kier alpha value is -6.16. The van der Waals surface area contributed by atoms with Gasteiger partial charge in [-0.1, -0.05) is 128 Å².